The zero-order chi connectivity index (χ0) is 15.6. The van der Waals surface area contributed by atoms with Crippen molar-refractivity contribution in [3.8, 4) is 11.5 Å². The Bertz CT molecular complexity index is 795. The number of oxazole rings is 1. The van der Waals surface area contributed by atoms with Crippen molar-refractivity contribution in [2.75, 3.05) is 0 Å². The summed E-state index contributed by atoms with van der Waals surface area (Å²) in [6, 6.07) is 6.46. The number of halogens is 1. The van der Waals surface area contributed by atoms with Crippen LogP contribution in [0.2, 0.25) is 0 Å². The summed E-state index contributed by atoms with van der Waals surface area (Å²) in [6.07, 6.45) is 5.19. The van der Waals surface area contributed by atoms with Gasteiger partial charge < -0.3 is 9.73 Å². The number of fused-ring (bicyclic) bond motifs is 1. The molecule has 6 nitrogen and oxygen atoms in total. The fourth-order valence-electron chi connectivity index (χ4n) is 2.77. The molecule has 7 heteroatoms. The summed E-state index contributed by atoms with van der Waals surface area (Å²) in [4.78, 5) is 8.67. The first-order chi connectivity index (χ1) is 11.3. The molecule has 0 bridgehead atoms. The van der Waals surface area contributed by atoms with E-state index in [1.165, 1.54) is 12.1 Å². The number of aryl methyl sites for hydroxylation is 1. The Morgan fingerprint density at radius 2 is 2.17 bits per heavy atom. The molecule has 4 rings (SSSR count). The predicted molar refractivity (Wildman–Crippen MR) is 80.9 cm³/mol. The van der Waals surface area contributed by atoms with E-state index in [0.29, 0.717) is 18.5 Å². The second-order valence-electron chi connectivity index (χ2n) is 5.63. The minimum atomic E-state index is -0.271. The second-order valence-corrected chi connectivity index (χ2v) is 5.63. The smallest absolute Gasteiger partial charge is 0.226 e. The highest BCUT2D eigenvalue weighted by atomic mass is 19.1. The van der Waals surface area contributed by atoms with Crippen molar-refractivity contribution in [3.05, 3.63) is 54.2 Å². The summed E-state index contributed by atoms with van der Waals surface area (Å²) in [5.74, 6) is 1.28. The van der Waals surface area contributed by atoms with Crippen molar-refractivity contribution < 1.29 is 8.81 Å². The maximum atomic E-state index is 12.9. The summed E-state index contributed by atoms with van der Waals surface area (Å²) in [5, 5.41) is 7.69. The van der Waals surface area contributed by atoms with Gasteiger partial charge in [-0.2, -0.15) is 5.10 Å². The van der Waals surface area contributed by atoms with Crippen LogP contribution >= 0.6 is 0 Å². The van der Waals surface area contributed by atoms with Crippen LogP contribution in [-0.4, -0.2) is 25.8 Å². The van der Waals surface area contributed by atoms with E-state index < -0.39 is 0 Å². The molecule has 118 valence electrons. The molecule has 23 heavy (non-hydrogen) atoms. The van der Waals surface area contributed by atoms with Crippen LogP contribution in [0.25, 0.3) is 11.5 Å². The average molecular weight is 313 g/mol. The number of hydrogen-bond donors (Lipinski definition) is 1. The van der Waals surface area contributed by atoms with Crippen molar-refractivity contribution >= 4 is 0 Å². The molecule has 0 spiro atoms. The van der Waals surface area contributed by atoms with Gasteiger partial charge in [0.1, 0.15) is 24.2 Å². The van der Waals surface area contributed by atoms with Crippen molar-refractivity contribution in [3.63, 3.8) is 0 Å². The van der Waals surface area contributed by atoms with E-state index in [0.717, 1.165) is 36.5 Å². The molecule has 0 radical (unpaired) electrons. The third-order valence-electron chi connectivity index (χ3n) is 4.02. The van der Waals surface area contributed by atoms with Crippen LogP contribution in [0.1, 0.15) is 17.9 Å². The lowest BCUT2D eigenvalue weighted by atomic mass is 10.1. The zero-order valence-electron chi connectivity index (χ0n) is 12.4. The lowest BCUT2D eigenvalue weighted by Crippen LogP contribution is -2.37. The molecule has 0 saturated carbocycles. The molecular formula is C16H16FN5O. The van der Waals surface area contributed by atoms with E-state index in [9.17, 15) is 4.39 Å². The van der Waals surface area contributed by atoms with Crippen LogP contribution in [0, 0.1) is 5.82 Å². The van der Waals surface area contributed by atoms with Gasteiger partial charge in [0.2, 0.25) is 5.89 Å². The summed E-state index contributed by atoms with van der Waals surface area (Å²) >= 11 is 0. The number of nitrogens with one attached hydrogen (secondary N) is 1. The largest absolute Gasteiger partial charge is 0.444 e. The van der Waals surface area contributed by atoms with E-state index in [-0.39, 0.29) is 5.82 Å². The summed E-state index contributed by atoms with van der Waals surface area (Å²) < 4.78 is 20.4. The van der Waals surface area contributed by atoms with Crippen LogP contribution in [0.15, 0.2) is 41.3 Å². The molecule has 0 aliphatic carbocycles. The highest BCUT2D eigenvalue weighted by molar-refractivity contribution is 5.52. The number of rotatable bonds is 4. The van der Waals surface area contributed by atoms with Crippen molar-refractivity contribution in [1.29, 1.82) is 0 Å². The van der Waals surface area contributed by atoms with Gasteiger partial charge in [0.15, 0.2) is 0 Å². The minimum absolute atomic E-state index is 0.271. The van der Waals surface area contributed by atoms with E-state index in [4.69, 9.17) is 4.42 Å². The van der Waals surface area contributed by atoms with Gasteiger partial charge in [-0.15, -0.1) is 0 Å². The van der Waals surface area contributed by atoms with Crippen LogP contribution in [0.4, 0.5) is 4.39 Å². The number of hydrogen-bond acceptors (Lipinski definition) is 5. The molecule has 0 unspecified atom stereocenters. The first kappa shape index (κ1) is 14.1. The quantitative estimate of drug-likeness (QED) is 0.799. The van der Waals surface area contributed by atoms with Gasteiger partial charge in [0.05, 0.1) is 12.2 Å². The fourth-order valence-corrected chi connectivity index (χ4v) is 2.77. The average Bonchev–Trinajstić information content (AvgIpc) is 3.22. The molecule has 1 aliphatic heterocycles. The first-order valence-corrected chi connectivity index (χ1v) is 7.58. The maximum Gasteiger partial charge on any atom is 0.226 e. The molecule has 0 fully saturated rings. The molecule has 1 atom stereocenters. The van der Waals surface area contributed by atoms with Gasteiger partial charge in [-0.3, -0.25) is 0 Å². The van der Waals surface area contributed by atoms with Gasteiger partial charge in [-0.1, -0.05) is 0 Å². The summed E-state index contributed by atoms with van der Waals surface area (Å²) in [5.41, 5.74) is 1.59. The molecule has 2 aromatic heterocycles. The molecule has 3 heterocycles. The number of nitrogens with zero attached hydrogens (tertiary/aromatic N) is 4. The SMILES string of the molecule is Fc1ccc(-c2nc(CN[C@@H]3CCc4ncnn4C3)co2)cc1. The maximum absolute atomic E-state index is 12.9. The Balaban J connectivity index is 1.38. The first-order valence-electron chi connectivity index (χ1n) is 7.58. The van der Waals surface area contributed by atoms with E-state index >= 15 is 0 Å². The van der Waals surface area contributed by atoms with Crippen molar-refractivity contribution in [2.45, 2.75) is 32.0 Å². The predicted octanol–water partition coefficient (Wildman–Crippen LogP) is 2.18. The van der Waals surface area contributed by atoms with Crippen molar-refractivity contribution in [1.82, 2.24) is 25.1 Å². The van der Waals surface area contributed by atoms with Gasteiger partial charge in [0, 0.05) is 24.6 Å². The Hall–Kier alpha value is -2.54. The van der Waals surface area contributed by atoms with E-state index in [2.05, 4.69) is 20.4 Å². The second kappa shape index (κ2) is 5.92. The van der Waals surface area contributed by atoms with Crippen LogP contribution in [0.3, 0.4) is 0 Å². The third-order valence-corrected chi connectivity index (χ3v) is 4.02. The lowest BCUT2D eigenvalue weighted by molar-refractivity contribution is 0.356. The topological polar surface area (TPSA) is 68.8 Å². The fraction of sp³-hybridized carbons (Fsp3) is 0.312. The lowest BCUT2D eigenvalue weighted by Gasteiger charge is -2.23. The highest BCUT2D eigenvalue weighted by Crippen LogP contribution is 2.19. The Morgan fingerprint density at radius 1 is 1.30 bits per heavy atom. The van der Waals surface area contributed by atoms with Crippen LogP contribution < -0.4 is 5.32 Å². The Kier molecular flexibility index (Phi) is 3.63. The number of benzene rings is 1. The molecule has 3 aromatic rings. The minimum Gasteiger partial charge on any atom is -0.444 e. The Labute approximate surface area is 132 Å². The molecule has 0 amide bonds. The third kappa shape index (κ3) is 3.00. The van der Waals surface area contributed by atoms with Crippen LogP contribution in [0.5, 0.6) is 0 Å². The van der Waals surface area contributed by atoms with E-state index in [1.54, 1.807) is 24.7 Å². The standard InChI is InChI=1S/C16H16FN5O/c17-12-3-1-11(2-4-12)16-21-14(9-23-16)7-18-13-5-6-15-19-10-20-22(15)8-13/h1-4,9-10,13,18H,5-8H2/t13-/m1/s1. The summed E-state index contributed by atoms with van der Waals surface area (Å²) in [7, 11) is 0. The number of aromatic nitrogens is 4. The van der Waals surface area contributed by atoms with Crippen molar-refractivity contribution in [2.24, 2.45) is 0 Å². The molecular weight excluding hydrogens is 297 g/mol. The molecule has 1 aliphatic rings. The molecule has 0 saturated heterocycles. The Morgan fingerprint density at radius 3 is 3.04 bits per heavy atom. The van der Waals surface area contributed by atoms with Gasteiger partial charge in [-0.05, 0) is 30.7 Å². The van der Waals surface area contributed by atoms with Crippen LogP contribution in [-0.2, 0) is 19.5 Å². The zero-order valence-corrected chi connectivity index (χ0v) is 12.4. The van der Waals surface area contributed by atoms with E-state index in [1.807, 2.05) is 4.68 Å². The molecule has 1 aromatic carbocycles. The summed E-state index contributed by atoms with van der Waals surface area (Å²) in [6.45, 7) is 1.44. The molecule has 1 N–H and O–H groups in total. The van der Waals surface area contributed by atoms with Gasteiger partial charge in [-0.25, -0.2) is 19.0 Å². The van der Waals surface area contributed by atoms with Gasteiger partial charge in [0.25, 0.3) is 0 Å². The van der Waals surface area contributed by atoms with Gasteiger partial charge >= 0.3 is 0 Å². The highest BCUT2D eigenvalue weighted by Gasteiger charge is 2.19. The monoisotopic (exact) mass is 313 g/mol. The normalized spacial score (nSPS) is 17.2.